The summed E-state index contributed by atoms with van der Waals surface area (Å²) in [5.41, 5.74) is 0.451. The minimum atomic E-state index is -0.922. The molecule has 0 spiro atoms. The summed E-state index contributed by atoms with van der Waals surface area (Å²) >= 11 is 0. The molecular formula is C16H24N2O4. The molecular weight excluding hydrogens is 284 g/mol. The van der Waals surface area contributed by atoms with Gasteiger partial charge in [-0.25, -0.2) is 4.98 Å². The number of hydrogen-bond donors (Lipinski definition) is 1. The zero-order valence-corrected chi connectivity index (χ0v) is 13.6. The van der Waals surface area contributed by atoms with Gasteiger partial charge in [-0.05, 0) is 33.3 Å². The van der Waals surface area contributed by atoms with Crippen LogP contribution < -0.4 is 4.74 Å². The second kappa shape index (κ2) is 8.36. The first kappa shape index (κ1) is 17.9. The van der Waals surface area contributed by atoms with Crippen molar-refractivity contribution in [3.8, 4) is 5.88 Å². The summed E-state index contributed by atoms with van der Waals surface area (Å²) in [6.45, 7) is 7.83. The normalized spacial score (nSPS) is 12.0. The highest BCUT2D eigenvalue weighted by Crippen LogP contribution is 2.15. The van der Waals surface area contributed by atoms with Crippen LogP contribution in [0.3, 0.4) is 0 Å². The molecule has 6 heteroatoms. The van der Waals surface area contributed by atoms with Crippen LogP contribution in [-0.4, -0.2) is 45.6 Å². The molecule has 1 aromatic rings. The number of ether oxygens (including phenoxy) is 1. The number of hydrogen-bond acceptors (Lipinski definition) is 4. The fraction of sp³-hybridized carbons (Fsp3) is 0.562. The molecule has 0 saturated carbocycles. The van der Waals surface area contributed by atoms with Crippen molar-refractivity contribution in [3.05, 3.63) is 23.9 Å². The summed E-state index contributed by atoms with van der Waals surface area (Å²) in [4.78, 5) is 28.9. The van der Waals surface area contributed by atoms with Gasteiger partial charge in [0.05, 0.1) is 12.5 Å². The molecule has 6 nitrogen and oxygen atoms in total. The Morgan fingerprint density at radius 1 is 1.36 bits per heavy atom. The van der Waals surface area contributed by atoms with E-state index in [-0.39, 0.29) is 31.0 Å². The molecule has 0 radical (unpaired) electrons. The third kappa shape index (κ3) is 5.35. The van der Waals surface area contributed by atoms with Gasteiger partial charge in [0, 0.05) is 30.4 Å². The van der Waals surface area contributed by atoms with Gasteiger partial charge < -0.3 is 14.7 Å². The maximum Gasteiger partial charge on any atom is 0.305 e. The Morgan fingerprint density at radius 2 is 2.05 bits per heavy atom. The third-order valence-corrected chi connectivity index (χ3v) is 3.33. The lowest BCUT2D eigenvalue weighted by molar-refractivity contribution is -0.137. The summed E-state index contributed by atoms with van der Waals surface area (Å²) in [6.07, 6.45) is 2.31. The highest BCUT2D eigenvalue weighted by Gasteiger charge is 2.20. The lowest BCUT2D eigenvalue weighted by Gasteiger charge is -2.26. The van der Waals surface area contributed by atoms with Crippen molar-refractivity contribution in [1.82, 2.24) is 9.88 Å². The van der Waals surface area contributed by atoms with E-state index in [4.69, 9.17) is 9.84 Å². The minimum Gasteiger partial charge on any atom is -0.481 e. The fourth-order valence-corrected chi connectivity index (χ4v) is 1.87. The first-order valence-electron chi connectivity index (χ1n) is 7.50. The zero-order chi connectivity index (χ0) is 16.7. The highest BCUT2D eigenvalue weighted by molar-refractivity contribution is 5.94. The first-order chi connectivity index (χ1) is 10.3. The number of amides is 1. The third-order valence-electron chi connectivity index (χ3n) is 3.33. The van der Waals surface area contributed by atoms with Gasteiger partial charge in [-0.15, -0.1) is 0 Å². The van der Waals surface area contributed by atoms with Crippen molar-refractivity contribution >= 4 is 11.9 Å². The molecule has 122 valence electrons. The van der Waals surface area contributed by atoms with Crippen LogP contribution >= 0.6 is 0 Å². The van der Waals surface area contributed by atoms with Gasteiger partial charge in [-0.1, -0.05) is 6.92 Å². The monoisotopic (exact) mass is 308 g/mol. The van der Waals surface area contributed by atoms with Crippen molar-refractivity contribution in [1.29, 1.82) is 0 Å². The molecule has 1 amide bonds. The number of nitrogens with zero attached hydrogens (tertiary/aromatic N) is 2. The van der Waals surface area contributed by atoms with E-state index in [0.717, 1.165) is 6.42 Å². The lowest BCUT2D eigenvalue weighted by Crippen LogP contribution is -2.38. The van der Waals surface area contributed by atoms with E-state index in [1.165, 1.54) is 11.1 Å². The van der Waals surface area contributed by atoms with Crippen molar-refractivity contribution in [2.75, 3.05) is 6.54 Å². The van der Waals surface area contributed by atoms with E-state index in [1.54, 1.807) is 12.1 Å². The van der Waals surface area contributed by atoms with Gasteiger partial charge in [0.1, 0.15) is 0 Å². The van der Waals surface area contributed by atoms with Gasteiger partial charge in [0.25, 0.3) is 5.91 Å². The van der Waals surface area contributed by atoms with Crippen LogP contribution in [-0.2, 0) is 4.79 Å². The van der Waals surface area contributed by atoms with Crippen molar-refractivity contribution < 1.29 is 19.4 Å². The SMILES string of the molecule is CCC(C)Oc1cc(C(=O)N(CCC(=O)O)C(C)C)ccn1. The minimum absolute atomic E-state index is 0.0195. The molecule has 1 unspecified atom stereocenters. The Morgan fingerprint density at radius 3 is 2.59 bits per heavy atom. The van der Waals surface area contributed by atoms with Crippen molar-refractivity contribution in [3.63, 3.8) is 0 Å². The van der Waals surface area contributed by atoms with Crippen LogP contribution in [0.15, 0.2) is 18.3 Å². The van der Waals surface area contributed by atoms with Gasteiger partial charge in [-0.2, -0.15) is 0 Å². The van der Waals surface area contributed by atoms with Crippen LogP contribution in [0, 0.1) is 0 Å². The molecule has 1 aromatic heterocycles. The van der Waals surface area contributed by atoms with Crippen LogP contribution in [0.4, 0.5) is 0 Å². The Bertz CT molecular complexity index is 517. The number of aliphatic carboxylic acids is 1. The maximum absolute atomic E-state index is 12.6. The molecule has 0 aliphatic rings. The summed E-state index contributed by atoms with van der Waals surface area (Å²) in [5.74, 6) is -0.733. The molecule has 1 rings (SSSR count). The molecule has 0 aliphatic heterocycles. The quantitative estimate of drug-likeness (QED) is 0.798. The van der Waals surface area contributed by atoms with E-state index in [0.29, 0.717) is 11.4 Å². The number of carboxylic acids is 1. The Hall–Kier alpha value is -2.11. The van der Waals surface area contributed by atoms with Crippen molar-refractivity contribution in [2.24, 2.45) is 0 Å². The summed E-state index contributed by atoms with van der Waals surface area (Å²) in [7, 11) is 0. The Balaban J connectivity index is 2.89. The van der Waals surface area contributed by atoms with E-state index < -0.39 is 5.97 Å². The fourth-order valence-electron chi connectivity index (χ4n) is 1.87. The predicted molar refractivity (Wildman–Crippen MR) is 83.0 cm³/mol. The second-order valence-corrected chi connectivity index (χ2v) is 5.46. The van der Waals surface area contributed by atoms with E-state index >= 15 is 0 Å². The number of aromatic nitrogens is 1. The topological polar surface area (TPSA) is 79.7 Å². The molecule has 22 heavy (non-hydrogen) atoms. The average Bonchev–Trinajstić information content (AvgIpc) is 2.46. The maximum atomic E-state index is 12.6. The van der Waals surface area contributed by atoms with Gasteiger partial charge in [-0.3, -0.25) is 9.59 Å². The molecule has 0 aromatic carbocycles. The molecule has 1 N–H and O–H groups in total. The Labute approximate surface area is 131 Å². The van der Waals surface area contributed by atoms with E-state index in [9.17, 15) is 9.59 Å². The van der Waals surface area contributed by atoms with Crippen LogP contribution in [0.2, 0.25) is 0 Å². The summed E-state index contributed by atoms with van der Waals surface area (Å²) in [6, 6.07) is 3.13. The molecule has 0 saturated heterocycles. The standard InChI is InChI=1S/C16H24N2O4/c1-5-12(4)22-14-10-13(6-8-17-14)16(21)18(11(2)3)9-7-15(19)20/h6,8,10-12H,5,7,9H2,1-4H3,(H,19,20). The van der Waals surface area contributed by atoms with Crippen LogP contribution in [0.5, 0.6) is 5.88 Å². The van der Waals surface area contributed by atoms with Gasteiger partial charge >= 0.3 is 5.97 Å². The van der Waals surface area contributed by atoms with Gasteiger partial charge in [0.2, 0.25) is 5.88 Å². The second-order valence-electron chi connectivity index (χ2n) is 5.46. The number of carbonyl (C=O) groups is 2. The average molecular weight is 308 g/mol. The molecule has 1 atom stereocenters. The molecule has 1 heterocycles. The summed E-state index contributed by atoms with van der Waals surface area (Å²) < 4.78 is 5.62. The van der Waals surface area contributed by atoms with Crippen LogP contribution in [0.25, 0.3) is 0 Å². The Kier molecular flexibility index (Phi) is 6.82. The summed E-state index contributed by atoms with van der Waals surface area (Å²) in [5, 5.41) is 8.80. The molecule has 0 aliphatic carbocycles. The van der Waals surface area contributed by atoms with Crippen LogP contribution in [0.1, 0.15) is 50.9 Å². The molecule has 0 bridgehead atoms. The number of rotatable bonds is 8. The number of pyridine rings is 1. The zero-order valence-electron chi connectivity index (χ0n) is 13.6. The first-order valence-corrected chi connectivity index (χ1v) is 7.50. The lowest BCUT2D eigenvalue weighted by atomic mass is 10.2. The predicted octanol–water partition coefficient (Wildman–Crippen LogP) is 2.58. The van der Waals surface area contributed by atoms with E-state index in [1.807, 2.05) is 27.7 Å². The highest BCUT2D eigenvalue weighted by atomic mass is 16.5. The van der Waals surface area contributed by atoms with E-state index in [2.05, 4.69) is 4.98 Å². The smallest absolute Gasteiger partial charge is 0.305 e. The van der Waals surface area contributed by atoms with Crippen molar-refractivity contribution in [2.45, 2.75) is 52.7 Å². The molecule has 0 fully saturated rings. The largest absolute Gasteiger partial charge is 0.481 e. The van der Waals surface area contributed by atoms with Gasteiger partial charge in [0.15, 0.2) is 0 Å². The number of carboxylic acid groups (broad SMARTS) is 1. The number of carbonyl (C=O) groups excluding carboxylic acids is 1.